The third-order valence-electron chi connectivity index (χ3n) is 3.01. The first-order chi connectivity index (χ1) is 9.74. The Morgan fingerprint density at radius 3 is 3.15 bits per heavy atom. The van der Waals surface area contributed by atoms with Gasteiger partial charge in [-0.25, -0.2) is 4.98 Å². The topological polar surface area (TPSA) is 78.0 Å². The lowest BCUT2D eigenvalue weighted by Crippen LogP contribution is -2.28. The van der Waals surface area contributed by atoms with Crippen LogP contribution in [0.3, 0.4) is 0 Å². The maximum Gasteiger partial charge on any atom is 0.251 e. The molecular formula is C14H13N3O2S. The molecule has 3 N–H and O–H groups in total. The molecule has 1 unspecified atom stereocenters. The molecule has 0 saturated heterocycles. The van der Waals surface area contributed by atoms with Gasteiger partial charge in [0.05, 0.1) is 17.4 Å². The quantitative estimate of drug-likeness (QED) is 0.687. The van der Waals surface area contributed by atoms with Crippen molar-refractivity contribution in [1.82, 2.24) is 15.3 Å². The van der Waals surface area contributed by atoms with Crippen molar-refractivity contribution >= 4 is 28.3 Å². The number of aliphatic hydroxyl groups is 1. The molecule has 1 amide bonds. The second-order valence-corrected chi connectivity index (χ2v) is 5.35. The lowest BCUT2D eigenvalue weighted by Gasteiger charge is -2.10. The van der Waals surface area contributed by atoms with E-state index in [2.05, 4.69) is 15.3 Å². The highest BCUT2D eigenvalue weighted by Gasteiger charge is 2.12. The number of aliphatic hydroxyl groups excluding tert-OH is 1. The third kappa shape index (κ3) is 2.56. The molecule has 0 aliphatic rings. The molecule has 102 valence electrons. The highest BCUT2D eigenvalue weighted by molar-refractivity contribution is 7.10. The van der Waals surface area contributed by atoms with Gasteiger partial charge in [-0.05, 0) is 29.6 Å². The van der Waals surface area contributed by atoms with Crippen molar-refractivity contribution in [3.63, 3.8) is 0 Å². The van der Waals surface area contributed by atoms with Gasteiger partial charge in [0.2, 0.25) is 0 Å². The zero-order chi connectivity index (χ0) is 13.9. The first-order valence-electron chi connectivity index (χ1n) is 6.17. The van der Waals surface area contributed by atoms with Crippen LogP contribution in [0, 0.1) is 0 Å². The number of imidazole rings is 1. The number of amides is 1. The summed E-state index contributed by atoms with van der Waals surface area (Å²) in [6.45, 7) is 0.195. The molecule has 20 heavy (non-hydrogen) atoms. The second-order valence-electron chi connectivity index (χ2n) is 4.38. The monoisotopic (exact) mass is 287 g/mol. The van der Waals surface area contributed by atoms with Crippen molar-refractivity contribution in [2.24, 2.45) is 0 Å². The molecule has 0 radical (unpaired) electrons. The number of aromatic nitrogens is 2. The smallest absolute Gasteiger partial charge is 0.251 e. The van der Waals surface area contributed by atoms with Gasteiger partial charge in [-0.2, -0.15) is 0 Å². The Morgan fingerprint density at radius 1 is 1.45 bits per heavy atom. The number of nitrogens with zero attached hydrogens (tertiary/aromatic N) is 1. The van der Waals surface area contributed by atoms with Crippen molar-refractivity contribution in [1.29, 1.82) is 0 Å². The molecule has 2 heterocycles. The summed E-state index contributed by atoms with van der Waals surface area (Å²) in [6, 6.07) is 8.97. The molecule has 0 bridgehead atoms. The van der Waals surface area contributed by atoms with E-state index in [1.54, 1.807) is 24.5 Å². The summed E-state index contributed by atoms with van der Waals surface area (Å²) in [7, 11) is 0. The minimum Gasteiger partial charge on any atom is -0.386 e. The molecule has 1 atom stereocenters. The number of hydrogen-bond donors (Lipinski definition) is 3. The predicted octanol–water partition coefficient (Wildman–Crippen LogP) is 2.09. The van der Waals surface area contributed by atoms with E-state index < -0.39 is 6.10 Å². The Labute approximate surface area is 119 Å². The number of carbonyl (C=O) groups excluding carboxylic acids is 1. The minimum atomic E-state index is -0.671. The Balaban J connectivity index is 1.66. The molecule has 3 aromatic rings. The average molecular weight is 287 g/mol. The fourth-order valence-electron chi connectivity index (χ4n) is 1.95. The zero-order valence-electron chi connectivity index (χ0n) is 10.5. The highest BCUT2D eigenvalue weighted by Crippen LogP contribution is 2.18. The van der Waals surface area contributed by atoms with Gasteiger partial charge in [-0.1, -0.05) is 6.07 Å². The number of hydrogen-bond acceptors (Lipinski definition) is 4. The van der Waals surface area contributed by atoms with Crippen LogP contribution in [0.4, 0.5) is 0 Å². The number of benzene rings is 1. The maximum absolute atomic E-state index is 12.0. The largest absolute Gasteiger partial charge is 0.386 e. The molecule has 5 nitrogen and oxygen atoms in total. The van der Waals surface area contributed by atoms with Crippen molar-refractivity contribution in [2.45, 2.75) is 6.10 Å². The third-order valence-corrected chi connectivity index (χ3v) is 3.98. The first-order valence-corrected chi connectivity index (χ1v) is 7.05. The lowest BCUT2D eigenvalue weighted by atomic mass is 10.2. The molecular weight excluding hydrogens is 274 g/mol. The van der Waals surface area contributed by atoms with Crippen molar-refractivity contribution in [3.8, 4) is 0 Å². The maximum atomic E-state index is 12.0. The summed E-state index contributed by atoms with van der Waals surface area (Å²) in [5, 5.41) is 14.5. The molecule has 1 aromatic carbocycles. The van der Waals surface area contributed by atoms with Crippen LogP contribution in [-0.4, -0.2) is 27.5 Å². The number of thiophene rings is 1. The van der Waals surface area contributed by atoms with Gasteiger partial charge in [0.1, 0.15) is 6.10 Å². The molecule has 0 aliphatic heterocycles. The standard InChI is InChI=1S/C14H13N3O2S/c18-12(13-2-1-5-20-13)7-15-14(19)9-3-4-10-11(6-9)17-8-16-10/h1-6,8,12,18H,7H2,(H,15,19)(H,16,17). The number of H-pyrrole nitrogens is 1. The fourth-order valence-corrected chi connectivity index (χ4v) is 2.66. The number of rotatable bonds is 4. The van der Waals surface area contributed by atoms with Gasteiger partial charge in [-0.15, -0.1) is 11.3 Å². The van der Waals surface area contributed by atoms with Gasteiger partial charge in [0, 0.05) is 17.0 Å². The summed E-state index contributed by atoms with van der Waals surface area (Å²) in [6.07, 6.45) is 0.919. The van der Waals surface area contributed by atoms with Crippen molar-refractivity contribution < 1.29 is 9.90 Å². The molecule has 0 aliphatic carbocycles. The van der Waals surface area contributed by atoms with Gasteiger partial charge < -0.3 is 15.4 Å². The van der Waals surface area contributed by atoms with Crippen LogP contribution in [0.15, 0.2) is 42.0 Å². The van der Waals surface area contributed by atoms with Crippen LogP contribution >= 0.6 is 11.3 Å². The minimum absolute atomic E-state index is 0.195. The molecule has 0 saturated carbocycles. The summed E-state index contributed by atoms with van der Waals surface area (Å²) in [4.78, 5) is 19.9. The fraction of sp³-hybridized carbons (Fsp3) is 0.143. The Morgan fingerprint density at radius 2 is 2.35 bits per heavy atom. The molecule has 2 aromatic heterocycles. The van der Waals surface area contributed by atoms with Gasteiger partial charge in [0.15, 0.2) is 0 Å². The van der Waals surface area contributed by atoms with E-state index in [4.69, 9.17) is 0 Å². The van der Waals surface area contributed by atoms with Gasteiger partial charge in [0.25, 0.3) is 5.91 Å². The van der Waals surface area contributed by atoms with E-state index >= 15 is 0 Å². The van der Waals surface area contributed by atoms with Crippen LogP contribution in [0.25, 0.3) is 11.0 Å². The normalized spacial score (nSPS) is 12.4. The van der Waals surface area contributed by atoms with E-state index in [1.807, 2.05) is 17.5 Å². The number of fused-ring (bicyclic) bond motifs is 1. The predicted molar refractivity (Wildman–Crippen MR) is 77.7 cm³/mol. The van der Waals surface area contributed by atoms with Crippen LogP contribution in [0.2, 0.25) is 0 Å². The van der Waals surface area contributed by atoms with E-state index in [0.717, 1.165) is 15.9 Å². The summed E-state index contributed by atoms with van der Waals surface area (Å²) < 4.78 is 0. The lowest BCUT2D eigenvalue weighted by molar-refractivity contribution is 0.0918. The van der Waals surface area contributed by atoms with Crippen molar-refractivity contribution in [2.75, 3.05) is 6.54 Å². The van der Waals surface area contributed by atoms with Crippen LogP contribution < -0.4 is 5.32 Å². The van der Waals surface area contributed by atoms with Crippen LogP contribution in [0.5, 0.6) is 0 Å². The van der Waals surface area contributed by atoms with E-state index in [0.29, 0.717) is 5.56 Å². The SMILES string of the molecule is O=C(NCC(O)c1cccs1)c1ccc2nc[nH]c2c1. The number of nitrogens with one attached hydrogen (secondary N) is 2. The van der Waals surface area contributed by atoms with Gasteiger partial charge in [-0.3, -0.25) is 4.79 Å². The molecule has 6 heteroatoms. The Kier molecular flexibility index (Phi) is 3.49. The summed E-state index contributed by atoms with van der Waals surface area (Å²) >= 11 is 1.47. The molecule has 0 fully saturated rings. The summed E-state index contributed by atoms with van der Waals surface area (Å²) in [5.41, 5.74) is 2.18. The second kappa shape index (κ2) is 5.44. The van der Waals surface area contributed by atoms with E-state index in [1.165, 1.54) is 11.3 Å². The Hall–Kier alpha value is -2.18. The molecule has 0 spiro atoms. The zero-order valence-corrected chi connectivity index (χ0v) is 11.4. The first kappa shape index (κ1) is 12.8. The Bertz CT molecular complexity index is 721. The van der Waals surface area contributed by atoms with Crippen LogP contribution in [0.1, 0.15) is 21.3 Å². The highest BCUT2D eigenvalue weighted by atomic mass is 32.1. The van der Waals surface area contributed by atoms with Crippen molar-refractivity contribution in [3.05, 3.63) is 52.5 Å². The average Bonchev–Trinajstić information content (AvgIpc) is 3.13. The van der Waals surface area contributed by atoms with E-state index in [9.17, 15) is 9.90 Å². The van der Waals surface area contributed by atoms with Crippen LogP contribution in [-0.2, 0) is 0 Å². The molecule has 3 rings (SSSR count). The number of carbonyl (C=O) groups is 1. The number of aromatic amines is 1. The van der Waals surface area contributed by atoms with E-state index in [-0.39, 0.29) is 12.5 Å². The van der Waals surface area contributed by atoms with Gasteiger partial charge >= 0.3 is 0 Å². The summed E-state index contributed by atoms with van der Waals surface area (Å²) in [5.74, 6) is -0.211.